The smallest absolute Gasteiger partial charge is 0.0551 e. The normalized spacial score (nSPS) is 11.8. The molecule has 0 radical (unpaired) electrons. The summed E-state index contributed by atoms with van der Waals surface area (Å²) in [6, 6.07) is 6.00. The lowest BCUT2D eigenvalue weighted by Gasteiger charge is -2.24. The molecule has 0 aliphatic rings. The van der Waals surface area contributed by atoms with Crippen molar-refractivity contribution < 1.29 is 5.11 Å². The Bertz CT molecular complexity index is 382. The molecule has 1 aromatic rings. The Morgan fingerprint density at radius 2 is 2.11 bits per heavy atom. The molecule has 1 rings (SSSR count). The van der Waals surface area contributed by atoms with Crippen molar-refractivity contribution in [2.24, 2.45) is 5.41 Å². The van der Waals surface area contributed by atoms with Gasteiger partial charge < -0.3 is 10.4 Å². The van der Waals surface area contributed by atoms with Crippen LogP contribution in [-0.4, -0.2) is 18.3 Å². The first kappa shape index (κ1) is 16.0. The summed E-state index contributed by atoms with van der Waals surface area (Å²) in [5.74, 6) is 0. The molecule has 4 heteroatoms. The fourth-order valence-corrected chi connectivity index (χ4v) is 2.29. The van der Waals surface area contributed by atoms with Crippen molar-refractivity contribution >= 4 is 27.5 Å². The van der Waals surface area contributed by atoms with Crippen molar-refractivity contribution in [1.82, 2.24) is 5.32 Å². The Morgan fingerprint density at radius 3 is 2.72 bits per heavy atom. The van der Waals surface area contributed by atoms with E-state index in [0.29, 0.717) is 0 Å². The number of rotatable bonds is 7. The molecule has 0 bridgehead atoms. The van der Waals surface area contributed by atoms with Gasteiger partial charge in [0.15, 0.2) is 0 Å². The third-order valence-corrected chi connectivity index (χ3v) is 4.16. The van der Waals surface area contributed by atoms with Crippen LogP contribution in [0.2, 0.25) is 5.02 Å². The van der Waals surface area contributed by atoms with Crippen LogP contribution >= 0.6 is 27.5 Å². The van der Waals surface area contributed by atoms with Crippen molar-refractivity contribution in [3.8, 4) is 0 Å². The lowest BCUT2D eigenvalue weighted by molar-refractivity contribution is 0.236. The van der Waals surface area contributed by atoms with E-state index in [-0.39, 0.29) is 12.0 Å². The molecule has 18 heavy (non-hydrogen) atoms. The molecular weight excluding hydrogens is 314 g/mol. The summed E-state index contributed by atoms with van der Waals surface area (Å²) < 4.78 is 0.927. The first-order valence-corrected chi connectivity index (χ1v) is 7.37. The maximum absolute atomic E-state index is 8.85. The summed E-state index contributed by atoms with van der Waals surface area (Å²) in [5.41, 5.74) is 1.39. The van der Waals surface area contributed by atoms with E-state index >= 15 is 0 Å². The third kappa shape index (κ3) is 5.70. The lowest BCUT2D eigenvalue weighted by Crippen LogP contribution is -2.29. The quantitative estimate of drug-likeness (QED) is 0.790. The number of hydrogen-bond donors (Lipinski definition) is 2. The molecule has 102 valence electrons. The predicted molar refractivity (Wildman–Crippen MR) is 81.0 cm³/mol. The maximum Gasteiger partial charge on any atom is 0.0551 e. The summed E-state index contributed by atoms with van der Waals surface area (Å²) in [5, 5.41) is 13.0. The molecule has 0 spiro atoms. The fraction of sp³-hybridized carbons (Fsp3) is 0.571. The summed E-state index contributed by atoms with van der Waals surface area (Å²) in [7, 11) is 0. The first-order chi connectivity index (χ1) is 8.44. The number of hydrogen-bond acceptors (Lipinski definition) is 2. The van der Waals surface area contributed by atoms with Crippen LogP contribution in [0.1, 0.15) is 32.3 Å². The van der Waals surface area contributed by atoms with Gasteiger partial charge in [-0.25, -0.2) is 0 Å². The molecule has 2 nitrogen and oxygen atoms in total. The van der Waals surface area contributed by atoms with E-state index in [4.69, 9.17) is 16.7 Å². The minimum absolute atomic E-state index is 0.210. The van der Waals surface area contributed by atoms with E-state index in [9.17, 15) is 0 Å². The predicted octanol–water partition coefficient (Wildman–Crippen LogP) is 3.99. The summed E-state index contributed by atoms with van der Waals surface area (Å²) in [4.78, 5) is 0. The lowest BCUT2D eigenvalue weighted by atomic mass is 9.88. The van der Waals surface area contributed by atoms with Crippen LogP contribution in [-0.2, 0) is 6.54 Å². The number of nitrogens with one attached hydrogen (secondary N) is 1. The molecular formula is C14H21BrClNO. The van der Waals surface area contributed by atoms with Crippen LogP contribution in [0.3, 0.4) is 0 Å². The van der Waals surface area contributed by atoms with Gasteiger partial charge in [0.05, 0.1) is 5.02 Å². The van der Waals surface area contributed by atoms with Crippen LogP contribution < -0.4 is 5.32 Å². The van der Waals surface area contributed by atoms with Crippen molar-refractivity contribution in [1.29, 1.82) is 0 Å². The van der Waals surface area contributed by atoms with E-state index in [1.54, 1.807) is 0 Å². The summed E-state index contributed by atoms with van der Waals surface area (Å²) in [6.45, 7) is 6.44. The van der Waals surface area contributed by atoms with Crippen LogP contribution in [0.4, 0.5) is 0 Å². The van der Waals surface area contributed by atoms with Crippen molar-refractivity contribution in [2.75, 3.05) is 13.2 Å². The SMILES string of the molecule is CC(C)(CCCO)CNCc1ccc(Br)c(Cl)c1. The molecule has 0 aliphatic heterocycles. The number of aliphatic hydroxyl groups is 1. The van der Waals surface area contributed by atoms with Gasteiger partial charge in [0.25, 0.3) is 0 Å². The largest absolute Gasteiger partial charge is 0.396 e. The van der Waals surface area contributed by atoms with Gasteiger partial charge >= 0.3 is 0 Å². The molecule has 0 aromatic heterocycles. The highest BCUT2D eigenvalue weighted by atomic mass is 79.9. The summed E-state index contributed by atoms with van der Waals surface area (Å²) in [6.07, 6.45) is 1.89. The zero-order valence-electron chi connectivity index (χ0n) is 11.0. The van der Waals surface area contributed by atoms with E-state index in [0.717, 1.165) is 35.4 Å². The molecule has 0 heterocycles. The minimum Gasteiger partial charge on any atom is -0.396 e. The van der Waals surface area contributed by atoms with Gasteiger partial charge in [-0.3, -0.25) is 0 Å². The topological polar surface area (TPSA) is 32.3 Å². The second kappa shape index (κ2) is 7.49. The van der Waals surface area contributed by atoms with E-state index in [2.05, 4.69) is 41.2 Å². The molecule has 0 aliphatic carbocycles. The fourth-order valence-electron chi connectivity index (χ4n) is 1.84. The molecule has 0 unspecified atom stereocenters. The molecule has 1 aromatic carbocycles. The Balaban J connectivity index is 2.39. The van der Waals surface area contributed by atoms with Crippen LogP contribution in [0.15, 0.2) is 22.7 Å². The van der Waals surface area contributed by atoms with Crippen LogP contribution in [0, 0.1) is 5.41 Å². The molecule has 2 N–H and O–H groups in total. The Hall–Kier alpha value is -0.0900. The van der Waals surface area contributed by atoms with Crippen LogP contribution in [0.25, 0.3) is 0 Å². The Morgan fingerprint density at radius 1 is 1.39 bits per heavy atom. The molecule has 0 saturated carbocycles. The highest BCUT2D eigenvalue weighted by Gasteiger charge is 2.16. The zero-order valence-corrected chi connectivity index (χ0v) is 13.3. The number of halogens is 2. The van der Waals surface area contributed by atoms with E-state index in [1.165, 1.54) is 5.56 Å². The monoisotopic (exact) mass is 333 g/mol. The van der Waals surface area contributed by atoms with Gasteiger partial charge in [-0.1, -0.05) is 31.5 Å². The van der Waals surface area contributed by atoms with Crippen molar-refractivity contribution in [3.05, 3.63) is 33.3 Å². The first-order valence-electron chi connectivity index (χ1n) is 6.20. The second-order valence-corrected chi connectivity index (χ2v) is 6.60. The van der Waals surface area contributed by atoms with E-state index in [1.807, 2.05) is 12.1 Å². The van der Waals surface area contributed by atoms with Gasteiger partial charge in [0, 0.05) is 24.2 Å². The molecule has 0 atom stereocenters. The second-order valence-electron chi connectivity index (χ2n) is 5.34. The van der Waals surface area contributed by atoms with Gasteiger partial charge in [0.2, 0.25) is 0 Å². The molecule has 0 saturated heterocycles. The third-order valence-electron chi connectivity index (χ3n) is 2.93. The molecule has 0 amide bonds. The summed E-state index contributed by atoms with van der Waals surface area (Å²) >= 11 is 9.43. The number of benzene rings is 1. The number of aliphatic hydroxyl groups excluding tert-OH is 1. The average Bonchev–Trinajstić information content (AvgIpc) is 2.31. The Kier molecular flexibility index (Phi) is 6.64. The maximum atomic E-state index is 8.85. The highest BCUT2D eigenvalue weighted by Crippen LogP contribution is 2.24. The van der Waals surface area contributed by atoms with Gasteiger partial charge in [-0.15, -0.1) is 0 Å². The average molecular weight is 335 g/mol. The van der Waals surface area contributed by atoms with Crippen LogP contribution in [0.5, 0.6) is 0 Å². The van der Waals surface area contributed by atoms with Gasteiger partial charge in [0.1, 0.15) is 0 Å². The standard InChI is InChI=1S/C14H21BrClNO/c1-14(2,6-3-7-18)10-17-9-11-4-5-12(15)13(16)8-11/h4-5,8,17-18H,3,6-7,9-10H2,1-2H3. The van der Waals surface area contributed by atoms with Gasteiger partial charge in [-0.2, -0.15) is 0 Å². The van der Waals surface area contributed by atoms with Crippen molar-refractivity contribution in [2.45, 2.75) is 33.2 Å². The highest BCUT2D eigenvalue weighted by molar-refractivity contribution is 9.10. The minimum atomic E-state index is 0.210. The van der Waals surface area contributed by atoms with E-state index < -0.39 is 0 Å². The zero-order chi connectivity index (χ0) is 13.6. The van der Waals surface area contributed by atoms with Crippen molar-refractivity contribution in [3.63, 3.8) is 0 Å². The molecule has 0 fully saturated rings. The van der Waals surface area contributed by atoms with Gasteiger partial charge in [-0.05, 0) is 51.9 Å². The Labute approximate surface area is 123 Å².